The van der Waals surface area contributed by atoms with Crippen LogP contribution >= 0.6 is 0 Å². The number of nitrogens with one attached hydrogen (secondary N) is 1. The molecule has 3 rings (SSSR count). The van der Waals surface area contributed by atoms with Crippen molar-refractivity contribution in [1.29, 1.82) is 0 Å². The summed E-state index contributed by atoms with van der Waals surface area (Å²) < 4.78 is 10.2. The normalized spacial score (nSPS) is 15.3. The van der Waals surface area contributed by atoms with Crippen LogP contribution in [0, 0.1) is 0 Å². The molecule has 8 nitrogen and oxygen atoms in total. The lowest BCUT2D eigenvalue weighted by atomic mass is 10.0. The zero-order valence-corrected chi connectivity index (χ0v) is 17.1. The number of imide groups is 1. The Kier molecular flexibility index (Phi) is 5.51. The second-order valence-corrected chi connectivity index (χ2v) is 7.70. The number of benzene rings is 2. The van der Waals surface area contributed by atoms with Crippen molar-refractivity contribution < 1.29 is 29.0 Å². The highest BCUT2D eigenvalue weighted by atomic mass is 16.6. The summed E-state index contributed by atoms with van der Waals surface area (Å²) in [5.74, 6) is -0.911. The molecular formula is C22H22N2O6. The lowest BCUT2D eigenvalue weighted by molar-refractivity contribution is -0.114. The number of ether oxygens (including phenoxy) is 2. The first-order valence-electron chi connectivity index (χ1n) is 9.16. The third-order valence-electron chi connectivity index (χ3n) is 4.18. The molecule has 2 aromatic rings. The lowest BCUT2D eigenvalue weighted by Gasteiger charge is -2.20. The van der Waals surface area contributed by atoms with Gasteiger partial charge < -0.3 is 19.9 Å². The van der Waals surface area contributed by atoms with Gasteiger partial charge in [0.25, 0.3) is 5.91 Å². The molecule has 0 atom stereocenters. The molecule has 1 fully saturated rings. The molecule has 3 amide bonds. The standard InChI is InChI=1S/C22H22N2O6/c1-22(2,3)23-19(26)16-11-13(5-10-17(16)25)12-18-20(27)24(21(28)30-18)14-6-8-15(29-4)9-7-14/h5-12,25H,1-4H3,(H,23,26). The van der Waals surface area contributed by atoms with E-state index in [1.54, 1.807) is 24.3 Å². The Morgan fingerprint density at radius 1 is 1.13 bits per heavy atom. The van der Waals surface area contributed by atoms with E-state index in [2.05, 4.69) is 5.32 Å². The fraction of sp³-hybridized carbons (Fsp3) is 0.227. The smallest absolute Gasteiger partial charge is 0.427 e. The highest BCUT2D eigenvalue weighted by Gasteiger charge is 2.37. The topological polar surface area (TPSA) is 105 Å². The minimum atomic E-state index is -0.833. The molecular weight excluding hydrogens is 388 g/mol. The number of nitrogens with zero attached hydrogens (tertiary/aromatic N) is 1. The first-order valence-corrected chi connectivity index (χ1v) is 9.16. The monoisotopic (exact) mass is 410 g/mol. The molecule has 30 heavy (non-hydrogen) atoms. The molecule has 1 aliphatic rings. The van der Waals surface area contributed by atoms with Crippen LogP contribution in [-0.4, -0.2) is 35.7 Å². The Bertz CT molecular complexity index is 1030. The average Bonchev–Trinajstić information content (AvgIpc) is 2.95. The largest absolute Gasteiger partial charge is 0.507 e. The predicted octanol–water partition coefficient (Wildman–Crippen LogP) is 3.45. The summed E-state index contributed by atoms with van der Waals surface area (Å²) in [4.78, 5) is 38.2. The summed E-state index contributed by atoms with van der Waals surface area (Å²) in [6.07, 6.45) is 0.512. The molecule has 0 bridgehead atoms. The van der Waals surface area contributed by atoms with E-state index in [0.717, 1.165) is 4.90 Å². The molecule has 1 heterocycles. The Hall–Kier alpha value is -3.81. The van der Waals surface area contributed by atoms with E-state index < -0.39 is 23.4 Å². The number of hydrogen-bond acceptors (Lipinski definition) is 6. The van der Waals surface area contributed by atoms with E-state index in [4.69, 9.17) is 9.47 Å². The van der Waals surface area contributed by atoms with Crippen molar-refractivity contribution in [1.82, 2.24) is 5.32 Å². The van der Waals surface area contributed by atoms with Gasteiger partial charge in [0.05, 0.1) is 18.4 Å². The summed E-state index contributed by atoms with van der Waals surface area (Å²) >= 11 is 0. The highest BCUT2D eigenvalue weighted by molar-refractivity contribution is 6.24. The maximum Gasteiger partial charge on any atom is 0.427 e. The van der Waals surface area contributed by atoms with Crippen molar-refractivity contribution in [2.75, 3.05) is 12.0 Å². The van der Waals surface area contributed by atoms with Crippen LogP contribution in [0.15, 0.2) is 48.2 Å². The number of cyclic esters (lactones) is 1. The van der Waals surface area contributed by atoms with Crippen molar-refractivity contribution >= 4 is 29.7 Å². The predicted molar refractivity (Wildman–Crippen MR) is 110 cm³/mol. The van der Waals surface area contributed by atoms with Gasteiger partial charge in [-0.25, -0.2) is 9.69 Å². The Labute approximate surface area is 173 Å². The average molecular weight is 410 g/mol. The number of amides is 3. The fourth-order valence-electron chi connectivity index (χ4n) is 2.81. The molecule has 2 N–H and O–H groups in total. The Balaban J connectivity index is 1.88. The van der Waals surface area contributed by atoms with Crippen LogP contribution < -0.4 is 15.0 Å². The molecule has 2 aromatic carbocycles. The zero-order valence-electron chi connectivity index (χ0n) is 17.1. The van der Waals surface area contributed by atoms with Crippen LogP contribution in [0.25, 0.3) is 6.08 Å². The van der Waals surface area contributed by atoms with E-state index in [-0.39, 0.29) is 17.1 Å². The van der Waals surface area contributed by atoms with Crippen molar-refractivity contribution in [2.45, 2.75) is 26.3 Å². The van der Waals surface area contributed by atoms with Crippen LogP contribution in [0.3, 0.4) is 0 Å². The van der Waals surface area contributed by atoms with Gasteiger partial charge in [-0.1, -0.05) is 6.07 Å². The van der Waals surface area contributed by atoms with Gasteiger partial charge in [0.15, 0.2) is 5.76 Å². The van der Waals surface area contributed by atoms with Gasteiger partial charge in [0, 0.05) is 5.54 Å². The number of aromatic hydroxyl groups is 1. The molecule has 1 saturated heterocycles. The quantitative estimate of drug-likeness (QED) is 0.748. The van der Waals surface area contributed by atoms with Gasteiger partial charge in [-0.15, -0.1) is 0 Å². The van der Waals surface area contributed by atoms with Crippen LogP contribution in [0.1, 0.15) is 36.7 Å². The summed E-state index contributed by atoms with van der Waals surface area (Å²) in [6, 6.07) is 10.6. The van der Waals surface area contributed by atoms with Gasteiger partial charge in [0.2, 0.25) is 0 Å². The lowest BCUT2D eigenvalue weighted by Crippen LogP contribution is -2.40. The van der Waals surface area contributed by atoms with Gasteiger partial charge in [-0.2, -0.15) is 0 Å². The van der Waals surface area contributed by atoms with Crippen molar-refractivity contribution in [3.05, 3.63) is 59.4 Å². The summed E-state index contributed by atoms with van der Waals surface area (Å²) in [7, 11) is 1.51. The molecule has 1 aliphatic heterocycles. The zero-order chi connectivity index (χ0) is 22.1. The molecule has 156 valence electrons. The van der Waals surface area contributed by atoms with Gasteiger partial charge in [-0.05, 0) is 68.8 Å². The van der Waals surface area contributed by atoms with Crippen LogP contribution in [0.5, 0.6) is 11.5 Å². The van der Waals surface area contributed by atoms with Crippen molar-refractivity contribution in [3.63, 3.8) is 0 Å². The summed E-state index contributed by atoms with van der Waals surface area (Å²) in [5, 5.41) is 12.8. The Morgan fingerprint density at radius 2 is 1.80 bits per heavy atom. The SMILES string of the molecule is COc1ccc(N2C(=O)OC(=Cc3ccc(O)c(C(=O)NC(C)(C)C)c3)C2=O)cc1. The number of carbonyl (C=O) groups excluding carboxylic acids is 3. The molecule has 0 spiro atoms. The Morgan fingerprint density at radius 3 is 2.40 bits per heavy atom. The molecule has 0 saturated carbocycles. The van der Waals surface area contributed by atoms with Crippen molar-refractivity contribution in [3.8, 4) is 11.5 Å². The molecule has 0 unspecified atom stereocenters. The minimum absolute atomic E-state index is 0.0445. The third-order valence-corrected chi connectivity index (χ3v) is 4.18. The number of methoxy groups -OCH3 is 1. The van der Waals surface area contributed by atoms with Crippen LogP contribution in [-0.2, 0) is 9.53 Å². The first kappa shape index (κ1) is 20.9. The number of rotatable bonds is 4. The molecule has 0 aliphatic carbocycles. The van der Waals surface area contributed by atoms with Gasteiger partial charge in [0.1, 0.15) is 11.5 Å². The summed E-state index contributed by atoms with van der Waals surface area (Å²) in [6.45, 7) is 5.45. The van der Waals surface area contributed by atoms with Crippen LogP contribution in [0.2, 0.25) is 0 Å². The number of phenolic OH excluding ortho intramolecular Hbond substituents is 1. The van der Waals surface area contributed by atoms with Crippen molar-refractivity contribution in [2.24, 2.45) is 0 Å². The molecule has 8 heteroatoms. The second-order valence-electron chi connectivity index (χ2n) is 7.70. The third kappa shape index (κ3) is 4.43. The van der Waals surface area contributed by atoms with E-state index in [1.807, 2.05) is 20.8 Å². The van der Waals surface area contributed by atoms with E-state index in [0.29, 0.717) is 17.0 Å². The van der Waals surface area contributed by atoms with Crippen LogP contribution in [0.4, 0.5) is 10.5 Å². The highest BCUT2D eigenvalue weighted by Crippen LogP contribution is 2.28. The number of hydrogen-bond donors (Lipinski definition) is 2. The van der Waals surface area contributed by atoms with E-state index in [1.165, 1.54) is 31.4 Å². The molecule has 0 radical (unpaired) electrons. The van der Waals surface area contributed by atoms with E-state index in [9.17, 15) is 19.5 Å². The second kappa shape index (κ2) is 7.90. The summed E-state index contributed by atoms with van der Waals surface area (Å²) in [5.41, 5.74) is 0.307. The fourth-order valence-corrected chi connectivity index (χ4v) is 2.81. The van der Waals surface area contributed by atoms with E-state index >= 15 is 0 Å². The molecule has 0 aromatic heterocycles. The number of anilines is 1. The van der Waals surface area contributed by atoms with Gasteiger partial charge in [-0.3, -0.25) is 9.59 Å². The maximum atomic E-state index is 12.7. The maximum absolute atomic E-state index is 12.7. The number of phenols is 1. The first-order chi connectivity index (χ1) is 14.1. The minimum Gasteiger partial charge on any atom is -0.507 e. The number of carbonyl (C=O) groups is 3. The van der Waals surface area contributed by atoms with Gasteiger partial charge >= 0.3 is 12.0 Å².